The van der Waals surface area contributed by atoms with E-state index in [1.807, 2.05) is 13.8 Å². The molecule has 1 amide bonds. The molecule has 0 spiro atoms. The van der Waals surface area contributed by atoms with E-state index in [2.05, 4.69) is 10.5 Å². The summed E-state index contributed by atoms with van der Waals surface area (Å²) in [6, 6.07) is 0. The summed E-state index contributed by atoms with van der Waals surface area (Å²) in [5.74, 6) is -0.0344. The monoisotopic (exact) mass is 142 g/mol. The van der Waals surface area contributed by atoms with Gasteiger partial charge in [0.05, 0.1) is 0 Å². The molecule has 0 aromatic rings. The Hall–Kier alpha value is -0.860. The predicted octanol–water partition coefficient (Wildman–Crippen LogP) is 1.30. The Bertz CT molecular complexity index is 141. The van der Waals surface area contributed by atoms with Crippen molar-refractivity contribution in [2.45, 2.75) is 33.6 Å². The molecule has 0 unspecified atom stereocenters. The molecule has 0 saturated heterocycles. The second-order valence-electron chi connectivity index (χ2n) is 2.09. The van der Waals surface area contributed by atoms with Gasteiger partial charge in [-0.3, -0.25) is 4.79 Å². The van der Waals surface area contributed by atoms with Gasteiger partial charge in [-0.05, 0) is 13.3 Å². The van der Waals surface area contributed by atoms with Gasteiger partial charge < -0.3 is 0 Å². The molecule has 0 radical (unpaired) electrons. The standard InChI is InChI=1S/C7H14N2O/c1-4-6(3)8-9-7(10)5-2/h4-5H2,1-3H3,(H,9,10)/b8-6-. The molecule has 0 aliphatic heterocycles. The Morgan fingerprint density at radius 3 is 2.40 bits per heavy atom. The number of carbonyl (C=O) groups excluding carboxylic acids is 1. The van der Waals surface area contributed by atoms with Crippen molar-refractivity contribution >= 4 is 11.6 Å². The Kier molecular flexibility index (Phi) is 4.54. The van der Waals surface area contributed by atoms with Crippen LogP contribution in [0.15, 0.2) is 5.10 Å². The number of rotatable bonds is 3. The van der Waals surface area contributed by atoms with E-state index in [4.69, 9.17) is 0 Å². The van der Waals surface area contributed by atoms with Crippen LogP contribution in [0.25, 0.3) is 0 Å². The number of nitrogens with one attached hydrogen (secondary N) is 1. The van der Waals surface area contributed by atoms with Crippen molar-refractivity contribution in [1.82, 2.24) is 5.43 Å². The molecule has 1 N–H and O–H groups in total. The van der Waals surface area contributed by atoms with E-state index in [9.17, 15) is 4.79 Å². The molecule has 0 saturated carbocycles. The van der Waals surface area contributed by atoms with Crippen LogP contribution >= 0.6 is 0 Å². The van der Waals surface area contributed by atoms with Gasteiger partial charge in [-0.1, -0.05) is 13.8 Å². The van der Waals surface area contributed by atoms with Crippen LogP contribution in [0.3, 0.4) is 0 Å². The van der Waals surface area contributed by atoms with Crippen LogP contribution in [0.2, 0.25) is 0 Å². The third-order valence-electron chi connectivity index (χ3n) is 1.20. The van der Waals surface area contributed by atoms with Gasteiger partial charge >= 0.3 is 0 Å². The molecular formula is C7H14N2O. The zero-order valence-corrected chi connectivity index (χ0v) is 6.77. The summed E-state index contributed by atoms with van der Waals surface area (Å²) < 4.78 is 0. The maximum atomic E-state index is 10.6. The van der Waals surface area contributed by atoms with E-state index >= 15 is 0 Å². The van der Waals surface area contributed by atoms with Crippen molar-refractivity contribution in [2.75, 3.05) is 0 Å². The Labute approximate surface area is 61.5 Å². The molecule has 0 bridgehead atoms. The number of hydrogen-bond acceptors (Lipinski definition) is 2. The van der Waals surface area contributed by atoms with Gasteiger partial charge in [0.15, 0.2) is 0 Å². The number of hydrogen-bond donors (Lipinski definition) is 1. The fraction of sp³-hybridized carbons (Fsp3) is 0.714. The first-order valence-electron chi connectivity index (χ1n) is 3.52. The van der Waals surface area contributed by atoms with Crippen LogP contribution in [0.4, 0.5) is 0 Å². The Balaban J connectivity index is 3.61. The van der Waals surface area contributed by atoms with E-state index in [0.29, 0.717) is 6.42 Å². The summed E-state index contributed by atoms with van der Waals surface area (Å²) in [6.07, 6.45) is 1.37. The van der Waals surface area contributed by atoms with E-state index in [-0.39, 0.29) is 5.91 Å². The molecule has 0 atom stereocenters. The lowest BCUT2D eigenvalue weighted by atomic mass is 10.3. The SMILES string of the molecule is CCC(=O)N/N=C(/C)CC. The smallest absolute Gasteiger partial charge is 0.239 e. The van der Waals surface area contributed by atoms with Crippen molar-refractivity contribution in [2.24, 2.45) is 5.10 Å². The molecule has 0 fully saturated rings. The fourth-order valence-electron chi connectivity index (χ4n) is 0.316. The van der Waals surface area contributed by atoms with Crippen molar-refractivity contribution in [1.29, 1.82) is 0 Å². The molecule has 0 aliphatic carbocycles. The summed E-state index contributed by atoms with van der Waals surface area (Å²) in [7, 11) is 0. The van der Waals surface area contributed by atoms with Gasteiger partial charge in [0.25, 0.3) is 0 Å². The molecular weight excluding hydrogens is 128 g/mol. The van der Waals surface area contributed by atoms with Gasteiger partial charge in [-0.2, -0.15) is 5.10 Å². The summed E-state index contributed by atoms with van der Waals surface area (Å²) in [4.78, 5) is 10.6. The zero-order chi connectivity index (χ0) is 7.98. The number of carbonyl (C=O) groups is 1. The molecule has 58 valence electrons. The number of hydrazone groups is 1. The summed E-state index contributed by atoms with van der Waals surface area (Å²) >= 11 is 0. The largest absolute Gasteiger partial charge is 0.273 e. The maximum absolute atomic E-state index is 10.6. The van der Waals surface area contributed by atoms with Crippen molar-refractivity contribution in [3.8, 4) is 0 Å². The van der Waals surface area contributed by atoms with Crippen LogP contribution in [-0.4, -0.2) is 11.6 Å². The molecule has 0 aliphatic rings. The highest BCUT2D eigenvalue weighted by Crippen LogP contribution is 1.82. The van der Waals surface area contributed by atoms with Crippen LogP contribution in [0.5, 0.6) is 0 Å². The van der Waals surface area contributed by atoms with Gasteiger partial charge in [0.2, 0.25) is 5.91 Å². The molecule has 0 rings (SSSR count). The second-order valence-corrected chi connectivity index (χ2v) is 2.09. The first kappa shape index (κ1) is 9.14. The summed E-state index contributed by atoms with van der Waals surface area (Å²) in [5.41, 5.74) is 3.38. The van der Waals surface area contributed by atoms with Crippen molar-refractivity contribution < 1.29 is 4.79 Å². The fourth-order valence-corrected chi connectivity index (χ4v) is 0.316. The van der Waals surface area contributed by atoms with Crippen LogP contribution in [0.1, 0.15) is 33.6 Å². The molecule has 0 aromatic carbocycles. The molecule has 0 heterocycles. The average Bonchev–Trinajstić information content (AvgIpc) is 1.99. The van der Waals surface area contributed by atoms with Gasteiger partial charge in [-0.25, -0.2) is 5.43 Å². The Morgan fingerprint density at radius 1 is 1.40 bits per heavy atom. The summed E-state index contributed by atoms with van der Waals surface area (Å²) in [6.45, 7) is 5.68. The first-order valence-corrected chi connectivity index (χ1v) is 3.52. The van der Waals surface area contributed by atoms with E-state index in [1.54, 1.807) is 6.92 Å². The van der Waals surface area contributed by atoms with Crippen LogP contribution in [0, 0.1) is 0 Å². The average molecular weight is 142 g/mol. The van der Waals surface area contributed by atoms with E-state index < -0.39 is 0 Å². The van der Waals surface area contributed by atoms with Gasteiger partial charge in [0, 0.05) is 12.1 Å². The minimum atomic E-state index is -0.0344. The third-order valence-corrected chi connectivity index (χ3v) is 1.20. The van der Waals surface area contributed by atoms with Gasteiger partial charge in [0.1, 0.15) is 0 Å². The number of amides is 1. The molecule has 10 heavy (non-hydrogen) atoms. The minimum absolute atomic E-state index is 0.0344. The van der Waals surface area contributed by atoms with Crippen molar-refractivity contribution in [3.05, 3.63) is 0 Å². The second kappa shape index (κ2) is 4.97. The highest BCUT2D eigenvalue weighted by Gasteiger charge is 1.91. The minimum Gasteiger partial charge on any atom is -0.273 e. The van der Waals surface area contributed by atoms with Gasteiger partial charge in [-0.15, -0.1) is 0 Å². The lowest BCUT2D eigenvalue weighted by molar-refractivity contribution is -0.120. The lowest BCUT2D eigenvalue weighted by Crippen LogP contribution is -2.17. The first-order chi connectivity index (χ1) is 4.70. The zero-order valence-electron chi connectivity index (χ0n) is 6.77. The van der Waals surface area contributed by atoms with Crippen LogP contribution in [-0.2, 0) is 4.79 Å². The van der Waals surface area contributed by atoms with Crippen molar-refractivity contribution in [3.63, 3.8) is 0 Å². The molecule has 3 nitrogen and oxygen atoms in total. The lowest BCUT2D eigenvalue weighted by Gasteiger charge is -1.96. The highest BCUT2D eigenvalue weighted by atomic mass is 16.2. The molecule has 3 heteroatoms. The normalized spacial score (nSPS) is 11.3. The van der Waals surface area contributed by atoms with E-state index in [0.717, 1.165) is 12.1 Å². The Morgan fingerprint density at radius 2 is 2.00 bits per heavy atom. The number of nitrogens with zero attached hydrogens (tertiary/aromatic N) is 1. The third kappa shape index (κ3) is 4.06. The maximum Gasteiger partial charge on any atom is 0.239 e. The molecule has 0 aromatic heterocycles. The quantitative estimate of drug-likeness (QED) is 0.468. The van der Waals surface area contributed by atoms with Crippen LogP contribution < -0.4 is 5.43 Å². The predicted molar refractivity (Wildman–Crippen MR) is 41.8 cm³/mol. The topological polar surface area (TPSA) is 41.5 Å². The van der Waals surface area contributed by atoms with E-state index in [1.165, 1.54) is 0 Å². The highest BCUT2D eigenvalue weighted by molar-refractivity contribution is 5.83. The summed E-state index contributed by atoms with van der Waals surface area (Å²) in [5, 5.41) is 3.83.